The Morgan fingerprint density at radius 2 is 0.576 bits per heavy atom. The maximum absolute atomic E-state index is 12.6. The average molecular weight is 1080 g/mol. The Hall–Kier alpha value is -11.7. The van der Waals surface area contributed by atoms with Crippen molar-refractivity contribution in [3.8, 4) is 56.8 Å². The first-order valence-electron chi connectivity index (χ1n) is 29.0. The zero-order valence-electron chi connectivity index (χ0n) is 45.9. The van der Waals surface area contributed by atoms with Crippen molar-refractivity contribution in [2.75, 3.05) is 0 Å². The van der Waals surface area contributed by atoms with Gasteiger partial charge in [-0.05, 0) is 113 Å². The van der Waals surface area contributed by atoms with Crippen molar-refractivity contribution in [1.29, 1.82) is 5.26 Å². The van der Waals surface area contributed by atoms with E-state index >= 15 is 0 Å². The first-order chi connectivity index (χ1) is 42.2. The number of hydrogen-bond acceptors (Lipinski definition) is 1. The van der Waals surface area contributed by atoms with Gasteiger partial charge in [-0.25, -0.2) is 0 Å². The Morgan fingerprint density at radius 1 is 0.224 bits per heavy atom. The maximum Gasteiger partial charge on any atom is 0.104 e. The van der Waals surface area contributed by atoms with E-state index in [1.165, 1.54) is 5.39 Å². The summed E-state index contributed by atoms with van der Waals surface area (Å²) in [5.74, 6) is 0. The SMILES string of the molecule is N#Cc1c(-n2c3ccccc3c3ccc4c(c5ccccc5n4-c4ccccc4)c32)cc(-c2cccc(-c3ccccc3)c2)cc1-n1c2ccccc2c2c3c(c4ccccc4n3-c3ccccc3)c3c(c4ccccc4n3-c3ccccc3)c21. The second-order valence-electron chi connectivity index (χ2n) is 22.2. The third kappa shape index (κ3) is 6.63. The standard InChI is InChI=1S/C79H48N6/c80-49-63-70(84-64-39-18-13-34-57(64)58-44-45-69-72(76(58)84)59-35-14-19-40-65(59)81(69)54-28-7-2-8-29-54)47-53(52-27-23-26-51(46-52)50-24-5-1-6-25-50)48-71(63)85-68-43-22-17-38-62(68)75-78-73(60-36-15-20-41-66(60)82(78)55-30-9-3-10-31-55)77-74(79(75)85)61-37-16-21-42-67(61)83(77)56-32-11-4-12-33-56/h1-48H. The van der Waals surface area contributed by atoms with Crippen LogP contribution in [0, 0.1) is 11.3 Å². The van der Waals surface area contributed by atoms with Crippen LogP contribution in [-0.2, 0) is 0 Å². The fraction of sp³-hybridized carbons (Fsp3) is 0. The summed E-state index contributed by atoms with van der Waals surface area (Å²) in [6.45, 7) is 0. The highest BCUT2D eigenvalue weighted by atomic mass is 15.1. The Morgan fingerprint density at radius 3 is 1.07 bits per heavy atom. The molecule has 0 aliphatic heterocycles. The van der Waals surface area contributed by atoms with Crippen molar-refractivity contribution in [2.45, 2.75) is 0 Å². The highest BCUT2D eigenvalue weighted by Gasteiger charge is 2.31. The lowest BCUT2D eigenvalue weighted by Crippen LogP contribution is -2.06. The van der Waals surface area contributed by atoms with Gasteiger partial charge in [0, 0.05) is 70.9 Å². The fourth-order valence-electron chi connectivity index (χ4n) is 14.5. The average Bonchev–Trinajstić information content (AvgIpc) is 1.62. The minimum atomic E-state index is 0.556. The van der Waals surface area contributed by atoms with Crippen LogP contribution in [0.2, 0.25) is 0 Å². The first kappa shape index (κ1) is 47.0. The molecule has 6 heteroatoms. The van der Waals surface area contributed by atoms with E-state index in [2.05, 4.69) is 320 Å². The van der Waals surface area contributed by atoms with Crippen molar-refractivity contribution in [3.05, 3.63) is 297 Å². The van der Waals surface area contributed by atoms with Crippen LogP contribution in [0.4, 0.5) is 0 Å². The van der Waals surface area contributed by atoms with Crippen LogP contribution in [0.5, 0.6) is 0 Å². The predicted molar refractivity (Wildman–Crippen MR) is 354 cm³/mol. The lowest BCUT2D eigenvalue weighted by atomic mass is 9.96. The van der Waals surface area contributed by atoms with Gasteiger partial charge in [-0.15, -0.1) is 0 Å². The van der Waals surface area contributed by atoms with Crippen molar-refractivity contribution < 1.29 is 0 Å². The highest BCUT2D eigenvalue weighted by molar-refractivity contribution is 6.40. The molecule has 0 amide bonds. The molecule has 5 heterocycles. The molecule has 0 spiro atoms. The molecule has 5 aromatic heterocycles. The third-order valence-corrected chi connectivity index (χ3v) is 17.8. The molecule has 0 aliphatic rings. The Bertz CT molecular complexity index is 5760. The van der Waals surface area contributed by atoms with Gasteiger partial charge in [0.1, 0.15) is 11.6 Å². The molecule has 0 radical (unpaired) electrons. The van der Waals surface area contributed by atoms with Crippen LogP contribution in [-0.4, -0.2) is 22.8 Å². The highest BCUT2D eigenvalue weighted by Crippen LogP contribution is 2.52. The van der Waals surface area contributed by atoms with E-state index in [1.54, 1.807) is 0 Å². The van der Waals surface area contributed by atoms with Crippen LogP contribution in [0.1, 0.15) is 5.56 Å². The third-order valence-electron chi connectivity index (χ3n) is 17.8. The van der Waals surface area contributed by atoms with E-state index in [-0.39, 0.29) is 0 Å². The summed E-state index contributed by atoms with van der Waals surface area (Å²) in [5, 5.41) is 23.9. The summed E-state index contributed by atoms with van der Waals surface area (Å²) in [7, 11) is 0. The maximum atomic E-state index is 12.6. The molecular weight excluding hydrogens is 1030 g/mol. The van der Waals surface area contributed by atoms with Crippen molar-refractivity contribution >= 4 is 109 Å². The number of para-hydroxylation sites is 8. The monoisotopic (exact) mass is 1080 g/mol. The molecule has 6 nitrogen and oxygen atoms in total. The smallest absolute Gasteiger partial charge is 0.104 e. The normalized spacial score (nSPS) is 12.0. The van der Waals surface area contributed by atoms with Gasteiger partial charge in [0.2, 0.25) is 0 Å². The molecule has 13 aromatic carbocycles. The van der Waals surface area contributed by atoms with E-state index in [4.69, 9.17) is 0 Å². The van der Waals surface area contributed by atoms with Gasteiger partial charge in [-0.2, -0.15) is 5.26 Å². The van der Waals surface area contributed by atoms with Gasteiger partial charge in [0.05, 0.1) is 66.5 Å². The second kappa shape index (κ2) is 18.2. The summed E-state index contributed by atoms with van der Waals surface area (Å²) < 4.78 is 12.2. The van der Waals surface area contributed by atoms with E-state index in [0.29, 0.717) is 5.56 Å². The Labute approximate surface area is 488 Å². The molecule has 394 valence electrons. The molecule has 0 atom stereocenters. The first-order valence-corrected chi connectivity index (χ1v) is 29.0. The summed E-state index contributed by atoms with van der Waals surface area (Å²) in [6, 6.07) is 108. The fourth-order valence-corrected chi connectivity index (χ4v) is 14.5. The second-order valence-corrected chi connectivity index (χ2v) is 22.2. The van der Waals surface area contributed by atoms with Gasteiger partial charge in [0.15, 0.2) is 0 Å². The predicted octanol–water partition coefficient (Wildman–Crippen LogP) is 20.4. The summed E-state index contributed by atoms with van der Waals surface area (Å²) in [5.41, 5.74) is 20.4. The van der Waals surface area contributed by atoms with Gasteiger partial charge in [-0.3, -0.25) is 0 Å². The lowest BCUT2D eigenvalue weighted by molar-refractivity contribution is 1.12. The minimum Gasteiger partial charge on any atom is -0.309 e. The molecule has 18 aromatic rings. The van der Waals surface area contributed by atoms with Crippen LogP contribution >= 0.6 is 0 Å². The van der Waals surface area contributed by atoms with E-state index in [1.807, 2.05) is 0 Å². The number of benzene rings is 13. The van der Waals surface area contributed by atoms with Gasteiger partial charge < -0.3 is 22.8 Å². The van der Waals surface area contributed by atoms with Gasteiger partial charge >= 0.3 is 0 Å². The van der Waals surface area contributed by atoms with Crippen molar-refractivity contribution in [1.82, 2.24) is 22.8 Å². The Balaban J connectivity index is 1.08. The van der Waals surface area contributed by atoms with E-state index < -0.39 is 0 Å². The number of aromatic nitrogens is 5. The van der Waals surface area contributed by atoms with E-state index in [0.717, 1.165) is 154 Å². The molecule has 0 bridgehead atoms. The van der Waals surface area contributed by atoms with Crippen LogP contribution in [0.15, 0.2) is 291 Å². The minimum absolute atomic E-state index is 0.556. The van der Waals surface area contributed by atoms with Crippen LogP contribution in [0.3, 0.4) is 0 Å². The number of nitriles is 1. The number of fused-ring (bicyclic) bond motifs is 19. The summed E-state index contributed by atoms with van der Waals surface area (Å²) in [6.07, 6.45) is 0. The molecule has 0 saturated carbocycles. The van der Waals surface area contributed by atoms with Crippen LogP contribution in [0.25, 0.3) is 160 Å². The molecular formula is C79H48N6. The zero-order valence-corrected chi connectivity index (χ0v) is 45.9. The summed E-state index contributed by atoms with van der Waals surface area (Å²) in [4.78, 5) is 0. The molecule has 85 heavy (non-hydrogen) atoms. The van der Waals surface area contributed by atoms with Crippen molar-refractivity contribution in [3.63, 3.8) is 0 Å². The molecule has 18 rings (SSSR count). The number of hydrogen-bond donors (Lipinski definition) is 0. The zero-order chi connectivity index (χ0) is 55.9. The topological polar surface area (TPSA) is 48.4 Å². The quantitative estimate of drug-likeness (QED) is 0.157. The molecule has 0 saturated heterocycles. The molecule has 0 unspecified atom stereocenters. The van der Waals surface area contributed by atoms with Gasteiger partial charge in [0.25, 0.3) is 0 Å². The van der Waals surface area contributed by atoms with Gasteiger partial charge in [-0.1, -0.05) is 200 Å². The van der Waals surface area contributed by atoms with E-state index in [9.17, 15) is 5.26 Å². The molecule has 0 fully saturated rings. The Kier molecular flexibility index (Phi) is 10.1. The number of rotatable bonds is 7. The van der Waals surface area contributed by atoms with Crippen LogP contribution < -0.4 is 0 Å². The molecule has 0 N–H and O–H groups in total. The van der Waals surface area contributed by atoms with Crippen molar-refractivity contribution in [2.24, 2.45) is 0 Å². The number of nitrogens with zero attached hydrogens (tertiary/aromatic N) is 6. The molecule has 0 aliphatic carbocycles. The lowest BCUT2D eigenvalue weighted by Gasteiger charge is -2.19. The summed E-state index contributed by atoms with van der Waals surface area (Å²) >= 11 is 0. The largest absolute Gasteiger partial charge is 0.309 e.